The number of carbonyl (C=O) groups excluding carboxylic acids is 1. The van der Waals surface area contributed by atoms with Gasteiger partial charge in [-0.05, 0) is 40.9 Å². The van der Waals surface area contributed by atoms with Gasteiger partial charge in [-0.2, -0.15) is 0 Å². The lowest BCUT2D eigenvalue weighted by atomic mass is 9.96. The summed E-state index contributed by atoms with van der Waals surface area (Å²) in [6, 6.07) is 9.42. The summed E-state index contributed by atoms with van der Waals surface area (Å²) in [4.78, 5) is 12.5. The lowest BCUT2D eigenvalue weighted by Crippen LogP contribution is -2.12. The summed E-state index contributed by atoms with van der Waals surface area (Å²) in [5, 5.41) is 9.44. The number of ether oxygens (including phenoxy) is 1. The van der Waals surface area contributed by atoms with E-state index < -0.39 is 12.4 Å². The largest absolute Gasteiger partial charge is 0.487 e. The van der Waals surface area contributed by atoms with E-state index in [1.165, 1.54) is 6.92 Å². The van der Waals surface area contributed by atoms with Crippen LogP contribution in [0.2, 0.25) is 0 Å². The van der Waals surface area contributed by atoms with Crippen molar-refractivity contribution in [3.05, 3.63) is 75.0 Å². The van der Waals surface area contributed by atoms with Gasteiger partial charge in [0.25, 0.3) is 0 Å². The second-order valence-electron chi connectivity index (χ2n) is 5.48. The van der Waals surface area contributed by atoms with E-state index in [1.807, 2.05) is 30.3 Å². The van der Waals surface area contributed by atoms with Crippen molar-refractivity contribution in [2.45, 2.75) is 27.1 Å². The first-order chi connectivity index (χ1) is 11.4. The first-order valence-electron chi connectivity index (χ1n) is 7.36. The Kier molecular flexibility index (Phi) is 5.91. The first-order valence-corrected chi connectivity index (χ1v) is 8.16. The van der Waals surface area contributed by atoms with Crippen molar-refractivity contribution in [2.75, 3.05) is 0 Å². The monoisotopic (exact) mass is 392 g/mol. The number of aliphatic hydroxyl groups is 1. The number of ketones is 1. The standard InChI is InChI=1S/C19H18BrFO3/c1-11(2)18(23)15-12(3)17(21)14(9-22)16(20)19(15)24-10-13-7-5-4-6-8-13/h4-8,22H,1,9-10H2,2-3H3. The Labute approximate surface area is 148 Å². The van der Waals surface area contributed by atoms with Gasteiger partial charge in [0.2, 0.25) is 0 Å². The number of benzene rings is 2. The molecule has 0 unspecified atom stereocenters. The van der Waals surface area contributed by atoms with E-state index in [0.29, 0.717) is 0 Å². The molecule has 0 radical (unpaired) electrons. The van der Waals surface area contributed by atoms with Crippen LogP contribution in [-0.4, -0.2) is 10.9 Å². The molecule has 2 aromatic carbocycles. The van der Waals surface area contributed by atoms with E-state index in [9.17, 15) is 14.3 Å². The highest BCUT2D eigenvalue weighted by atomic mass is 79.9. The molecule has 0 aliphatic heterocycles. The molecule has 0 aliphatic carbocycles. The van der Waals surface area contributed by atoms with Crippen molar-refractivity contribution in [2.24, 2.45) is 0 Å². The summed E-state index contributed by atoms with van der Waals surface area (Å²) >= 11 is 3.26. The number of hydrogen-bond acceptors (Lipinski definition) is 3. The van der Waals surface area contributed by atoms with E-state index in [4.69, 9.17) is 4.74 Å². The highest BCUT2D eigenvalue weighted by Crippen LogP contribution is 2.39. The van der Waals surface area contributed by atoms with Gasteiger partial charge in [-0.1, -0.05) is 36.9 Å². The normalized spacial score (nSPS) is 10.5. The maximum Gasteiger partial charge on any atom is 0.192 e. The van der Waals surface area contributed by atoms with Crippen molar-refractivity contribution in [1.82, 2.24) is 0 Å². The lowest BCUT2D eigenvalue weighted by Gasteiger charge is -2.18. The Hall–Kier alpha value is -1.98. The van der Waals surface area contributed by atoms with Crippen LogP contribution in [0.15, 0.2) is 47.0 Å². The minimum absolute atomic E-state index is 0.0637. The summed E-state index contributed by atoms with van der Waals surface area (Å²) in [5.74, 6) is -0.796. The molecule has 0 amide bonds. The molecule has 0 saturated carbocycles. The molecule has 0 heterocycles. The fraction of sp³-hybridized carbons (Fsp3) is 0.211. The molecule has 0 fully saturated rings. The van der Waals surface area contributed by atoms with Crippen molar-refractivity contribution in [3.8, 4) is 5.75 Å². The third kappa shape index (κ3) is 3.57. The number of hydrogen-bond donors (Lipinski definition) is 1. The molecule has 0 aromatic heterocycles. The quantitative estimate of drug-likeness (QED) is 0.570. The van der Waals surface area contributed by atoms with Crippen molar-refractivity contribution < 1.29 is 19.0 Å². The highest BCUT2D eigenvalue weighted by molar-refractivity contribution is 9.10. The van der Waals surface area contributed by atoms with Crippen LogP contribution < -0.4 is 4.74 Å². The smallest absolute Gasteiger partial charge is 0.192 e. The van der Waals surface area contributed by atoms with Gasteiger partial charge in [0.05, 0.1) is 16.6 Å². The Bertz CT molecular complexity index is 785. The molecule has 1 N–H and O–H groups in total. The molecular formula is C19H18BrFO3. The van der Waals surface area contributed by atoms with E-state index in [-0.39, 0.29) is 44.9 Å². The fourth-order valence-electron chi connectivity index (χ4n) is 2.34. The molecule has 5 heteroatoms. The Morgan fingerprint density at radius 2 is 1.96 bits per heavy atom. The zero-order chi connectivity index (χ0) is 17.9. The number of aliphatic hydroxyl groups excluding tert-OH is 1. The van der Waals surface area contributed by atoms with Gasteiger partial charge in [0.1, 0.15) is 18.2 Å². The topological polar surface area (TPSA) is 46.5 Å². The second kappa shape index (κ2) is 7.73. The summed E-state index contributed by atoms with van der Waals surface area (Å²) < 4.78 is 20.5. The fourth-order valence-corrected chi connectivity index (χ4v) is 2.95. The summed E-state index contributed by atoms with van der Waals surface area (Å²) in [5.41, 5.74) is 1.52. The summed E-state index contributed by atoms with van der Waals surface area (Å²) in [6.07, 6.45) is 0. The van der Waals surface area contributed by atoms with Gasteiger partial charge in [0, 0.05) is 11.1 Å². The van der Waals surface area contributed by atoms with E-state index >= 15 is 0 Å². The molecule has 0 spiro atoms. The molecule has 126 valence electrons. The molecule has 2 rings (SSSR count). The SMILES string of the molecule is C=C(C)C(=O)c1c(C)c(F)c(CO)c(Br)c1OCc1ccccc1. The number of carbonyl (C=O) groups is 1. The Morgan fingerprint density at radius 3 is 2.50 bits per heavy atom. The third-order valence-corrected chi connectivity index (χ3v) is 4.50. The number of halogens is 2. The maximum atomic E-state index is 14.5. The zero-order valence-electron chi connectivity index (χ0n) is 13.5. The predicted octanol–water partition coefficient (Wildman–Crippen LogP) is 4.73. The number of allylic oxidation sites excluding steroid dienone is 1. The van der Waals surface area contributed by atoms with Crippen molar-refractivity contribution in [3.63, 3.8) is 0 Å². The molecule has 0 atom stereocenters. The average Bonchev–Trinajstić information content (AvgIpc) is 2.57. The molecule has 0 saturated heterocycles. The Morgan fingerprint density at radius 1 is 1.33 bits per heavy atom. The van der Waals surface area contributed by atoms with Crippen molar-refractivity contribution in [1.29, 1.82) is 0 Å². The van der Waals surface area contributed by atoms with Crippen LogP contribution in [0.25, 0.3) is 0 Å². The van der Waals surface area contributed by atoms with Crippen LogP contribution in [-0.2, 0) is 13.2 Å². The van der Waals surface area contributed by atoms with Gasteiger partial charge in [-0.25, -0.2) is 4.39 Å². The molecule has 24 heavy (non-hydrogen) atoms. The molecule has 0 bridgehead atoms. The van der Waals surface area contributed by atoms with Gasteiger partial charge in [-0.3, -0.25) is 4.79 Å². The van der Waals surface area contributed by atoms with E-state index in [1.54, 1.807) is 6.92 Å². The zero-order valence-corrected chi connectivity index (χ0v) is 15.1. The lowest BCUT2D eigenvalue weighted by molar-refractivity contribution is 0.102. The molecular weight excluding hydrogens is 375 g/mol. The van der Waals surface area contributed by atoms with E-state index in [2.05, 4.69) is 22.5 Å². The first kappa shape index (κ1) is 18.4. The molecule has 2 aromatic rings. The number of Topliss-reactive ketones (excluding diaryl/α,β-unsaturated/α-hetero) is 1. The minimum atomic E-state index is -0.624. The number of rotatable bonds is 6. The minimum Gasteiger partial charge on any atom is -0.487 e. The predicted molar refractivity (Wildman–Crippen MR) is 94.7 cm³/mol. The van der Waals surface area contributed by atoms with Gasteiger partial charge in [0.15, 0.2) is 5.78 Å². The van der Waals surface area contributed by atoms with Crippen LogP contribution in [0.3, 0.4) is 0 Å². The van der Waals surface area contributed by atoms with Gasteiger partial charge in [-0.15, -0.1) is 0 Å². The average molecular weight is 393 g/mol. The molecule has 3 nitrogen and oxygen atoms in total. The summed E-state index contributed by atoms with van der Waals surface area (Å²) in [6.45, 7) is 6.41. The van der Waals surface area contributed by atoms with Crippen LogP contribution in [0, 0.1) is 12.7 Å². The van der Waals surface area contributed by atoms with Crippen LogP contribution in [0.1, 0.15) is 34.0 Å². The second-order valence-corrected chi connectivity index (χ2v) is 6.27. The maximum absolute atomic E-state index is 14.5. The van der Waals surface area contributed by atoms with Crippen LogP contribution in [0.5, 0.6) is 5.75 Å². The van der Waals surface area contributed by atoms with Gasteiger partial charge >= 0.3 is 0 Å². The van der Waals surface area contributed by atoms with E-state index in [0.717, 1.165) is 5.56 Å². The highest BCUT2D eigenvalue weighted by Gasteiger charge is 2.26. The van der Waals surface area contributed by atoms with Crippen LogP contribution >= 0.6 is 15.9 Å². The third-order valence-electron chi connectivity index (χ3n) is 3.66. The van der Waals surface area contributed by atoms with Gasteiger partial charge < -0.3 is 9.84 Å². The van der Waals surface area contributed by atoms with Crippen molar-refractivity contribution >= 4 is 21.7 Å². The Balaban J connectivity index is 2.56. The molecule has 0 aliphatic rings. The summed E-state index contributed by atoms with van der Waals surface area (Å²) in [7, 11) is 0. The van der Waals surface area contributed by atoms with Crippen LogP contribution in [0.4, 0.5) is 4.39 Å².